The topological polar surface area (TPSA) is 74.8 Å². The quantitative estimate of drug-likeness (QED) is 0.616. The van der Waals surface area contributed by atoms with Crippen LogP contribution in [0.25, 0.3) is 0 Å². The number of sulfone groups is 1. The van der Waals surface area contributed by atoms with Gasteiger partial charge in [0.1, 0.15) is 0 Å². The van der Waals surface area contributed by atoms with Crippen molar-refractivity contribution < 1.29 is 18.0 Å². The largest absolute Gasteiger partial charge is 0.340 e. The van der Waals surface area contributed by atoms with Crippen LogP contribution >= 0.6 is 15.9 Å². The highest BCUT2D eigenvalue weighted by Crippen LogP contribution is 2.38. The lowest BCUT2D eigenvalue weighted by atomic mass is 10.00. The van der Waals surface area contributed by atoms with Gasteiger partial charge < -0.3 is 9.80 Å². The zero-order valence-electron chi connectivity index (χ0n) is 17.1. The molecule has 1 aromatic carbocycles. The molecule has 2 amide bonds. The van der Waals surface area contributed by atoms with Crippen molar-refractivity contribution in [1.82, 2.24) is 4.90 Å². The van der Waals surface area contributed by atoms with Gasteiger partial charge in [0.2, 0.25) is 11.8 Å². The van der Waals surface area contributed by atoms with Crippen LogP contribution in [0.4, 0.5) is 5.69 Å². The van der Waals surface area contributed by atoms with Gasteiger partial charge >= 0.3 is 0 Å². The first-order valence-electron chi connectivity index (χ1n) is 10.4. The minimum atomic E-state index is -3.71. The molecule has 8 heteroatoms. The van der Waals surface area contributed by atoms with Gasteiger partial charge in [-0.15, -0.1) is 0 Å². The van der Waals surface area contributed by atoms with Gasteiger partial charge in [-0.1, -0.05) is 29.8 Å². The molecule has 0 N–H and O–H groups in total. The van der Waals surface area contributed by atoms with Gasteiger partial charge in [-0.3, -0.25) is 9.59 Å². The van der Waals surface area contributed by atoms with Crippen molar-refractivity contribution in [2.75, 3.05) is 23.7 Å². The number of fused-ring (bicyclic) bond motifs is 1. The van der Waals surface area contributed by atoms with E-state index in [0.717, 1.165) is 31.2 Å². The number of likely N-dealkylation sites (tertiary alicyclic amines) is 1. The van der Waals surface area contributed by atoms with Crippen LogP contribution in [-0.4, -0.2) is 50.0 Å². The molecule has 1 aromatic rings. The fourth-order valence-corrected chi connectivity index (χ4v) is 6.54. The van der Waals surface area contributed by atoms with Gasteiger partial charge in [0, 0.05) is 36.4 Å². The molecular weight excluding hydrogens is 456 g/mol. The van der Waals surface area contributed by atoms with Gasteiger partial charge in [-0.25, -0.2) is 8.42 Å². The number of rotatable bonds is 6. The van der Waals surface area contributed by atoms with E-state index in [0.29, 0.717) is 36.1 Å². The lowest BCUT2D eigenvalue weighted by Gasteiger charge is -2.35. The number of anilines is 1. The van der Waals surface area contributed by atoms with Crippen LogP contribution in [0, 0.1) is 0 Å². The Bertz CT molecular complexity index is 900. The number of carbonyl (C=O) groups excluding carboxylic acids is 2. The van der Waals surface area contributed by atoms with E-state index in [4.69, 9.17) is 0 Å². The number of hydrogen-bond donors (Lipinski definition) is 0. The third-order valence-electron chi connectivity index (χ3n) is 5.94. The number of halogens is 1. The molecule has 0 unspecified atom stereocenters. The standard InChI is InChI=1S/C21H29BrN2O4S/c1-3-17-7-5-6-10-23(17)20(26)9-12-29(27,28)18-14-16(22)13-15-8-11-24(21(15)18)19(25)4-2/h13-14,17H,3-12H2,1-2H3/t17-/m0/s1. The van der Waals surface area contributed by atoms with Gasteiger partial charge in [-0.2, -0.15) is 0 Å². The van der Waals surface area contributed by atoms with Gasteiger partial charge in [0.25, 0.3) is 0 Å². The molecule has 160 valence electrons. The minimum Gasteiger partial charge on any atom is -0.340 e. The molecule has 0 aliphatic carbocycles. The second-order valence-electron chi connectivity index (χ2n) is 7.77. The van der Waals surface area contributed by atoms with Gasteiger partial charge in [0.15, 0.2) is 9.84 Å². The molecule has 0 radical (unpaired) electrons. The second-order valence-corrected chi connectivity index (χ2v) is 10.8. The van der Waals surface area contributed by atoms with E-state index in [1.54, 1.807) is 17.9 Å². The molecule has 1 saturated heterocycles. The maximum absolute atomic E-state index is 13.2. The Hall–Kier alpha value is -1.41. The van der Waals surface area contributed by atoms with Crippen molar-refractivity contribution in [3.63, 3.8) is 0 Å². The summed E-state index contributed by atoms with van der Waals surface area (Å²) in [5.41, 5.74) is 1.35. The Balaban J connectivity index is 1.83. The Kier molecular flexibility index (Phi) is 7.04. The van der Waals surface area contributed by atoms with Crippen LogP contribution in [0.3, 0.4) is 0 Å². The number of nitrogens with zero attached hydrogens (tertiary/aromatic N) is 2. The molecule has 0 bridgehead atoms. The van der Waals surface area contributed by atoms with Gasteiger partial charge in [-0.05, 0) is 49.8 Å². The Morgan fingerprint density at radius 1 is 1.14 bits per heavy atom. The normalized spacial score (nSPS) is 19.3. The maximum Gasteiger partial charge on any atom is 0.226 e. The first-order chi connectivity index (χ1) is 13.8. The van der Waals surface area contributed by atoms with E-state index in [-0.39, 0.29) is 34.9 Å². The molecule has 2 heterocycles. The Morgan fingerprint density at radius 2 is 1.90 bits per heavy atom. The smallest absolute Gasteiger partial charge is 0.226 e. The highest BCUT2D eigenvalue weighted by molar-refractivity contribution is 9.10. The lowest BCUT2D eigenvalue weighted by Crippen LogP contribution is -2.43. The van der Waals surface area contributed by atoms with E-state index in [1.807, 2.05) is 11.0 Å². The van der Waals surface area contributed by atoms with E-state index >= 15 is 0 Å². The number of carbonyl (C=O) groups is 2. The highest BCUT2D eigenvalue weighted by atomic mass is 79.9. The summed E-state index contributed by atoms with van der Waals surface area (Å²) in [6.07, 6.45) is 4.90. The maximum atomic E-state index is 13.2. The fraction of sp³-hybridized carbons (Fsp3) is 0.619. The van der Waals surface area contributed by atoms with Crippen LogP contribution in [-0.2, 0) is 25.8 Å². The highest BCUT2D eigenvalue weighted by Gasteiger charge is 2.33. The van der Waals surface area contributed by atoms with E-state index < -0.39 is 9.84 Å². The Labute approximate surface area is 181 Å². The minimum absolute atomic E-state index is 0.0259. The fourth-order valence-electron chi connectivity index (χ4n) is 4.38. The van der Waals surface area contributed by atoms with E-state index in [9.17, 15) is 18.0 Å². The van der Waals surface area contributed by atoms with Crippen LogP contribution in [0.5, 0.6) is 0 Å². The molecule has 1 atom stereocenters. The molecule has 0 spiro atoms. The van der Waals surface area contributed by atoms with Crippen LogP contribution in [0.1, 0.15) is 57.9 Å². The summed E-state index contributed by atoms with van der Waals surface area (Å²) in [5.74, 6) is -0.415. The summed E-state index contributed by atoms with van der Waals surface area (Å²) < 4.78 is 27.1. The Morgan fingerprint density at radius 3 is 2.59 bits per heavy atom. The molecule has 3 rings (SSSR count). The predicted octanol–water partition coefficient (Wildman–Crippen LogP) is 3.70. The molecular formula is C21H29BrN2O4S. The third kappa shape index (κ3) is 4.68. The van der Waals surface area contributed by atoms with E-state index in [2.05, 4.69) is 22.9 Å². The van der Waals surface area contributed by atoms with Crippen molar-refractivity contribution >= 4 is 43.3 Å². The van der Waals surface area contributed by atoms with Crippen molar-refractivity contribution in [3.8, 4) is 0 Å². The average Bonchev–Trinajstić information content (AvgIpc) is 3.14. The zero-order chi connectivity index (χ0) is 21.2. The predicted molar refractivity (Wildman–Crippen MR) is 117 cm³/mol. The van der Waals surface area contributed by atoms with Crippen molar-refractivity contribution in [3.05, 3.63) is 22.2 Å². The van der Waals surface area contributed by atoms with Crippen molar-refractivity contribution in [1.29, 1.82) is 0 Å². The number of piperidine rings is 1. The molecule has 29 heavy (non-hydrogen) atoms. The average molecular weight is 485 g/mol. The number of hydrogen-bond acceptors (Lipinski definition) is 4. The molecule has 0 saturated carbocycles. The summed E-state index contributed by atoms with van der Waals surface area (Å²) in [7, 11) is -3.71. The molecule has 1 fully saturated rings. The number of amides is 2. The summed E-state index contributed by atoms with van der Waals surface area (Å²) in [6.45, 7) is 5.04. The molecule has 6 nitrogen and oxygen atoms in total. The molecule has 2 aliphatic heterocycles. The zero-order valence-corrected chi connectivity index (χ0v) is 19.5. The number of benzene rings is 1. The second kappa shape index (κ2) is 9.16. The lowest BCUT2D eigenvalue weighted by molar-refractivity contribution is -0.134. The van der Waals surface area contributed by atoms with Crippen molar-refractivity contribution in [2.45, 2.75) is 69.7 Å². The van der Waals surface area contributed by atoms with Crippen LogP contribution in [0.15, 0.2) is 21.5 Å². The van der Waals surface area contributed by atoms with Gasteiger partial charge in [0.05, 0.1) is 16.3 Å². The van der Waals surface area contributed by atoms with Crippen molar-refractivity contribution in [2.24, 2.45) is 0 Å². The van der Waals surface area contributed by atoms with Crippen LogP contribution in [0.2, 0.25) is 0 Å². The third-order valence-corrected chi connectivity index (χ3v) is 8.12. The molecule has 2 aliphatic rings. The first kappa shape index (κ1) is 22.3. The summed E-state index contributed by atoms with van der Waals surface area (Å²) >= 11 is 3.40. The summed E-state index contributed by atoms with van der Waals surface area (Å²) in [5, 5.41) is 0. The molecule has 0 aromatic heterocycles. The van der Waals surface area contributed by atoms with E-state index in [1.165, 1.54) is 0 Å². The SMILES string of the molecule is CCC(=O)N1CCc2cc(Br)cc(S(=O)(=O)CCC(=O)N3CCCC[C@@H]3CC)c21. The summed E-state index contributed by atoms with van der Waals surface area (Å²) in [4.78, 5) is 28.7. The monoisotopic (exact) mass is 484 g/mol. The first-order valence-corrected chi connectivity index (χ1v) is 12.9. The summed E-state index contributed by atoms with van der Waals surface area (Å²) in [6, 6.07) is 3.66. The van der Waals surface area contributed by atoms with Crippen LogP contribution < -0.4 is 4.90 Å².